The number of rotatable bonds is 1. The summed E-state index contributed by atoms with van der Waals surface area (Å²) in [4.78, 5) is 4.49. The van der Waals surface area contributed by atoms with Crippen molar-refractivity contribution >= 4 is 11.6 Å². The van der Waals surface area contributed by atoms with E-state index in [-0.39, 0.29) is 6.04 Å². The summed E-state index contributed by atoms with van der Waals surface area (Å²) in [6, 6.07) is 7.90. The molecule has 3 nitrogen and oxygen atoms in total. The molecule has 0 fully saturated rings. The summed E-state index contributed by atoms with van der Waals surface area (Å²) in [5.41, 5.74) is 8.31. The predicted molar refractivity (Wildman–Crippen MR) is 68.8 cm³/mol. The minimum atomic E-state index is 0.123. The molecule has 1 atom stereocenters. The molecule has 0 saturated heterocycles. The van der Waals surface area contributed by atoms with Crippen molar-refractivity contribution < 1.29 is 0 Å². The van der Waals surface area contributed by atoms with E-state index < -0.39 is 0 Å². The Morgan fingerprint density at radius 1 is 1.29 bits per heavy atom. The fourth-order valence-electron chi connectivity index (χ4n) is 2.37. The fraction of sp³-hybridized carbons (Fsp3) is 0.308. The van der Waals surface area contributed by atoms with Gasteiger partial charge < -0.3 is 10.3 Å². The number of fused-ring (bicyclic) bond motifs is 1. The fourth-order valence-corrected chi connectivity index (χ4v) is 2.49. The zero-order chi connectivity index (χ0) is 11.8. The summed E-state index contributed by atoms with van der Waals surface area (Å²) in [7, 11) is 0. The van der Waals surface area contributed by atoms with Crippen molar-refractivity contribution in [2.24, 2.45) is 5.73 Å². The monoisotopic (exact) mass is 247 g/mol. The second-order valence-electron chi connectivity index (χ2n) is 4.41. The molecule has 2 heterocycles. The van der Waals surface area contributed by atoms with Gasteiger partial charge in [-0.15, -0.1) is 0 Å². The Morgan fingerprint density at radius 2 is 2.06 bits per heavy atom. The highest BCUT2D eigenvalue weighted by molar-refractivity contribution is 6.30. The summed E-state index contributed by atoms with van der Waals surface area (Å²) in [5.74, 6) is 0.992. The normalized spacial score (nSPS) is 19.1. The first kappa shape index (κ1) is 10.8. The molecule has 0 spiro atoms. The highest BCUT2D eigenvalue weighted by Crippen LogP contribution is 2.29. The highest BCUT2D eigenvalue weighted by atomic mass is 35.5. The van der Waals surface area contributed by atoms with Gasteiger partial charge in [0, 0.05) is 23.2 Å². The van der Waals surface area contributed by atoms with Gasteiger partial charge in [-0.2, -0.15) is 0 Å². The minimum Gasteiger partial charge on any atom is -0.327 e. The molecule has 2 N–H and O–H groups in total. The number of imidazole rings is 1. The van der Waals surface area contributed by atoms with Crippen molar-refractivity contribution in [2.45, 2.75) is 25.4 Å². The molecule has 0 amide bonds. The lowest BCUT2D eigenvalue weighted by Crippen LogP contribution is -2.21. The van der Waals surface area contributed by atoms with Gasteiger partial charge in [-0.1, -0.05) is 11.6 Å². The highest BCUT2D eigenvalue weighted by Gasteiger charge is 2.20. The van der Waals surface area contributed by atoms with E-state index in [1.807, 2.05) is 30.5 Å². The molecule has 4 heteroatoms. The maximum absolute atomic E-state index is 6.08. The third-order valence-corrected chi connectivity index (χ3v) is 3.52. The van der Waals surface area contributed by atoms with E-state index in [0.717, 1.165) is 41.5 Å². The third-order valence-electron chi connectivity index (χ3n) is 3.27. The van der Waals surface area contributed by atoms with E-state index in [1.165, 1.54) is 0 Å². The van der Waals surface area contributed by atoms with Gasteiger partial charge in [-0.25, -0.2) is 4.98 Å². The van der Waals surface area contributed by atoms with E-state index in [4.69, 9.17) is 17.3 Å². The number of aromatic nitrogens is 2. The van der Waals surface area contributed by atoms with Gasteiger partial charge in [-0.3, -0.25) is 0 Å². The SMILES string of the molecule is NC1CCCn2c1cnc2-c1ccc(Cl)cc1. The quantitative estimate of drug-likeness (QED) is 0.842. The number of hydrogen-bond acceptors (Lipinski definition) is 2. The van der Waals surface area contributed by atoms with Crippen LogP contribution in [0.25, 0.3) is 11.4 Å². The first-order chi connectivity index (χ1) is 8.25. The van der Waals surface area contributed by atoms with E-state index in [0.29, 0.717) is 0 Å². The first-order valence-corrected chi connectivity index (χ1v) is 6.20. The standard InChI is InChI=1S/C13H14ClN3/c14-10-5-3-9(4-6-10)13-16-8-12-11(15)2-1-7-17(12)13/h3-6,8,11H,1-2,7,15H2. The van der Waals surface area contributed by atoms with Crippen LogP contribution in [0.2, 0.25) is 5.02 Å². The Hall–Kier alpha value is -1.32. The van der Waals surface area contributed by atoms with Crippen LogP contribution in [-0.2, 0) is 6.54 Å². The van der Waals surface area contributed by atoms with Crippen LogP contribution in [0.1, 0.15) is 24.6 Å². The molecule has 1 unspecified atom stereocenters. The van der Waals surface area contributed by atoms with Crippen LogP contribution in [0.15, 0.2) is 30.5 Å². The van der Waals surface area contributed by atoms with Gasteiger partial charge in [0.2, 0.25) is 0 Å². The Morgan fingerprint density at radius 3 is 2.82 bits per heavy atom. The van der Waals surface area contributed by atoms with Crippen molar-refractivity contribution in [1.29, 1.82) is 0 Å². The average molecular weight is 248 g/mol. The van der Waals surface area contributed by atoms with Gasteiger partial charge in [0.25, 0.3) is 0 Å². The molecule has 17 heavy (non-hydrogen) atoms. The maximum atomic E-state index is 6.08. The molecule has 3 rings (SSSR count). The van der Waals surface area contributed by atoms with E-state index >= 15 is 0 Å². The molecule has 0 aliphatic carbocycles. The van der Waals surface area contributed by atoms with Crippen molar-refractivity contribution in [3.8, 4) is 11.4 Å². The Kier molecular flexibility index (Phi) is 2.65. The first-order valence-electron chi connectivity index (χ1n) is 5.82. The molecule has 0 bridgehead atoms. The molecule has 1 aliphatic rings. The summed E-state index contributed by atoms with van der Waals surface area (Å²) >= 11 is 5.89. The number of benzene rings is 1. The zero-order valence-corrected chi connectivity index (χ0v) is 10.2. The molecular formula is C13H14ClN3. The Bertz CT molecular complexity index is 530. The topological polar surface area (TPSA) is 43.8 Å². The second-order valence-corrected chi connectivity index (χ2v) is 4.85. The lowest BCUT2D eigenvalue weighted by atomic mass is 10.1. The average Bonchev–Trinajstić information content (AvgIpc) is 2.75. The minimum absolute atomic E-state index is 0.123. The van der Waals surface area contributed by atoms with Crippen LogP contribution < -0.4 is 5.73 Å². The van der Waals surface area contributed by atoms with Crippen LogP contribution in [0.5, 0.6) is 0 Å². The van der Waals surface area contributed by atoms with Gasteiger partial charge in [0.15, 0.2) is 0 Å². The van der Waals surface area contributed by atoms with Gasteiger partial charge in [0.1, 0.15) is 5.82 Å². The zero-order valence-electron chi connectivity index (χ0n) is 9.44. The summed E-state index contributed by atoms with van der Waals surface area (Å²) in [6.45, 7) is 1.00. The molecule has 1 aromatic heterocycles. The third kappa shape index (κ3) is 1.85. The Balaban J connectivity index is 2.07. The van der Waals surface area contributed by atoms with Gasteiger partial charge >= 0.3 is 0 Å². The molecule has 0 radical (unpaired) electrons. The second kappa shape index (κ2) is 4.17. The molecule has 1 aliphatic heterocycles. The van der Waals surface area contributed by atoms with Crippen molar-refractivity contribution in [1.82, 2.24) is 9.55 Å². The van der Waals surface area contributed by atoms with E-state index in [2.05, 4.69) is 9.55 Å². The summed E-state index contributed by atoms with van der Waals surface area (Å²) in [5, 5.41) is 0.746. The summed E-state index contributed by atoms with van der Waals surface area (Å²) in [6.07, 6.45) is 4.06. The number of halogens is 1. The van der Waals surface area contributed by atoms with Crippen molar-refractivity contribution in [3.63, 3.8) is 0 Å². The molecular weight excluding hydrogens is 234 g/mol. The maximum Gasteiger partial charge on any atom is 0.140 e. The van der Waals surface area contributed by atoms with Crippen molar-refractivity contribution in [3.05, 3.63) is 41.2 Å². The number of hydrogen-bond donors (Lipinski definition) is 1. The lowest BCUT2D eigenvalue weighted by Gasteiger charge is -2.22. The molecule has 0 saturated carbocycles. The van der Waals surface area contributed by atoms with Gasteiger partial charge in [-0.05, 0) is 37.1 Å². The molecule has 88 valence electrons. The van der Waals surface area contributed by atoms with E-state index in [1.54, 1.807) is 0 Å². The number of nitrogens with two attached hydrogens (primary N) is 1. The molecule has 1 aromatic carbocycles. The molecule has 2 aromatic rings. The van der Waals surface area contributed by atoms with Crippen LogP contribution in [0, 0.1) is 0 Å². The van der Waals surface area contributed by atoms with Crippen LogP contribution in [0.3, 0.4) is 0 Å². The Labute approximate surface area is 105 Å². The lowest BCUT2D eigenvalue weighted by molar-refractivity contribution is 0.466. The van der Waals surface area contributed by atoms with Gasteiger partial charge in [0.05, 0.1) is 11.9 Å². The smallest absolute Gasteiger partial charge is 0.140 e. The predicted octanol–water partition coefficient (Wildman–Crippen LogP) is 3.00. The largest absolute Gasteiger partial charge is 0.327 e. The van der Waals surface area contributed by atoms with Crippen LogP contribution in [0.4, 0.5) is 0 Å². The van der Waals surface area contributed by atoms with Crippen LogP contribution in [-0.4, -0.2) is 9.55 Å². The van der Waals surface area contributed by atoms with Crippen LogP contribution >= 0.6 is 11.6 Å². The summed E-state index contributed by atoms with van der Waals surface area (Å²) < 4.78 is 2.22. The van der Waals surface area contributed by atoms with Crippen molar-refractivity contribution in [2.75, 3.05) is 0 Å². The number of nitrogens with zero attached hydrogens (tertiary/aromatic N) is 2. The van der Waals surface area contributed by atoms with E-state index in [9.17, 15) is 0 Å².